The summed E-state index contributed by atoms with van der Waals surface area (Å²) in [6.45, 7) is 2.24. The lowest BCUT2D eigenvalue weighted by Crippen LogP contribution is -2.00. The van der Waals surface area contributed by atoms with Crippen LogP contribution in [0.4, 0.5) is 0 Å². The van der Waals surface area contributed by atoms with Crippen LogP contribution in [-0.4, -0.2) is 20.1 Å². The van der Waals surface area contributed by atoms with Crippen molar-refractivity contribution in [1.29, 1.82) is 0 Å². The van der Waals surface area contributed by atoms with Gasteiger partial charge in [-0.3, -0.25) is 0 Å². The maximum atomic E-state index is 10.2. The Hall–Kier alpha value is -2.36. The molecule has 1 heterocycles. The fraction of sp³-hybridized carbons (Fsp3) is 0.400. The molecule has 0 atom stereocenters. The number of unbranched alkanes of at least 4 members (excludes halogenated alkanes) is 5. The molecule has 0 aliphatic heterocycles. The van der Waals surface area contributed by atoms with Crippen LogP contribution in [0.2, 0.25) is 0 Å². The van der Waals surface area contributed by atoms with Crippen LogP contribution in [0.1, 0.15) is 51.0 Å². The molecule has 0 aliphatic carbocycles. The van der Waals surface area contributed by atoms with Crippen LogP contribution < -0.4 is 0 Å². The van der Waals surface area contributed by atoms with Crippen LogP contribution in [0.15, 0.2) is 42.5 Å². The number of phenols is 1. The van der Waals surface area contributed by atoms with Crippen molar-refractivity contribution in [3.8, 4) is 11.4 Å². The van der Waals surface area contributed by atoms with Gasteiger partial charge in [-0.2, -0.15) is 0 Å². The first-order valence-corrected chi connectivity index (χ1v) is 8.92. The number of aromatic nitrogens is 3. The molecule has 0 spiro atoms. The largest absolute Gasteiger partial charge is 0.506 e. The van der Waals surface area contributed by atoms with Crippen molar-refractivity contribution in [2.45, 2.75) is 51.9 Å². The molecule has 0 amide bonds. The van der Waals surface area contributed by atoms with Gasteiger partial charge in [0.05, 0.1) is 0 Å². The molecule has 4 heteroatoms. The summed E-state index contributed by atoms with van der Waals surface area (Å²) in [5.41, 5.74) is 3.53. The summed E-state index contributed by atoms with van der Waals surface area (Å²) in [4.78, 5) is 1.53. The van der Waals surface area contributed by atoms with Crippen molar-refractivity contribution >= 4 is 11.0 Å². The molecule has 0 saturated heterocycles. The lowest BCUT2D eigenvalue weighted by molar-refractivity contribution is 0.467. The number of fused-ring (bicyclic) bond motifs is 1. The first kappa shape index (κ1) is 16.5. The maximum Gasteiger partial charge on any atom is 0.143 e. The van der Waals surface area contributed by atoms with Gasteiger partial charge in [-0.05, 0) is 42.7 Å². The zero-order chi connectivity index (χ0) is 16.8. The molecular weight excluding hydrogens is 298 g/mol. The van der Waals surface area contributed by atoms with Crippen molar-refractivity contribution in [2.24, 2.45) is 0 Å². The average Bonchev–Trinajstić information content (AvgIpc) is 3.03. The van der Waals surface area contributed by atoms with E-state index in [4.69, 9.17) is 0 Å². The van der Waals surface area contributed by atoms with Gasteiger partial charge in [-0.25, -0.2) is 0 Å². The normalized spacial score (nSPS) is 11.2. The number of benzene rings is 2. The number of hydrogen-bond acceptors (Lipinski definition) is 3. The molecule has 24 heavy (non-hydrogen) atoms. The van der Waals surface area contributed by atoms with Crippen LogP contribution in [0, 0.1) is 0 Å². The fourth-order valence-electron chi connectivity index (χ4n) is 2.96. The number of rotatable bonds is 8. The van der Waals surface area contributed by atoms with Crippen molar-refractivity contribution < 1.29 is 5.11 Å². The number of aromatic hydroxyl groups is 1. The molecular formula is C20H25N3O. The molecule has 0 radical (unpaired) electrons. The van der Waals surface area contributed by atoms with E-state index in [2.05, 4.69) is 17.1 Å². The predicted octanol–water partition coefficient (Wildman–Crippen LogP) is 5.03. The van der Waals surface area contributed by atoms with Gasteiger partial charge in [-0.1, -0.05) is 57.2 Å². The van der Waals surface area contributed by atoms with Gasteiger partial charge in [0.2, 0.25) is 0 Å². The highest BCUT2D eigenvalue weighted by Gasteiger charge is 2.09. The molecule has 0 saturated carbocycles. The van der Waals surface area contributed by atoms with E-state index in [0.29, 0.717) is 5.69 Å². The number of nitrogens with zero attached hydrogens (tertiary/aromatic N) is 3. The minimum Gasteiger partial charge on any atom is -0.506 e. The molecule has 0 fully saturated rings. The van der Waals surface area contributed by atoms with E-state index in [9.17, 15) is 5.11 Å². The van der Waals surface area contributed by atoms with E-state index >= 15 is 0 Å². The molecule has 3 aromatic rings. The standard InChI is InChI=1S/C20H25N3O/c1-2-3-4-5-6-7-10-16-13-14-20(24)19(15-16)23-21-17-11-8-9-12-18(17)22-23/h8-9,11-15,24H,2-7,10H2,1H3. The van der Waals surface area contributed by atoms with Crippen LogP contribution in [0.3, 0.4) is 0 Å². The number of hydrogen-bond donors (Lipinski definition) is 1. The maximum absolute atomic E-state index is 10.2. The highest BCUT2D eigenvalue weighted by atomic mass is 16.3. The molecule has 1 aromatic heterocycles. The highest BCUT2D eigenvalue weighted by Crippen LogP contribution is 2.24. The molecule has 4 nitrogen and oxygen atoms in total. The SMILES string of the molecule is CCCCCCCCc1ccc(O)c(-n2nc3ccccc3n2)c1. The Balaban J connectivity index is 1.69. The zero-order valence-electron chi connectivity index (χ0n) is 14.3. The van der Waals surface area contributed by atoms with Crippen LogP contribution in [-0.2, 0) is 6.42 Å². The third kappa shape index (κ3) is 3.94. The summed E-state index contributed by atoms with van der Waals surface area (Å²) in [5.74, 6) is 0.210. The Morgan fingerprint density at radius 1 is 0.875 bits per heavy atom. The van der Waals surface area contributed by atoms with Crippen LogP contribution in [0.25, 0.3) is 16.7 Å². The first-order chi connectivity index (χ1) is 11.8. The quantitative estimate of drug-likeness (QED) is 0.592. The van der Waals surface area contributed by atoms with Crippen molar-refractivity contribution in [3.05, 3.63) is 48.0 Å². The molecule has 0 aliphatic rings. The third-order valence-electron chi connectivity index (χ3n) is 4.36. The summed E-state index contributed by atoms with van der Waals surface area (Å²) in [7, 11) is 0. The second kappa shape index (κ2) is 7.95. The second-order valence-electron chi connectivity index (χ2n) is 6.32. The minimum absolute atomic E-state index is 0.210. The molecule has 2 aromatic carbocycles. The molecule has 1 N–H and O–H groups in total. The van der Waals surface area contributed by atoms with Gasteiger partial charge in [0.25, 0.3) is 0 Å². The van der Waals surface area contributed by atoms with Crippen molar-refractivity contribution in [3.63, 3.8) is 0 Å². The fourth-order valence-corrected chi connectivity index (χ4v) is 2.96. The van der Waals surface area contributed by atoms with E-state index in [-0.39, 0.29) is 5.75 Å². The second-order valence-corrected chi connectivity index (χ2v) is 6.32. The smallest absolute Gasteiger partial charge is 0.143 e. The Bertz CT molecular complexity index is 761. The summed E-state index contributed by atoms with van der Waals surface area (Å²) < 4.78 is 0. The monoisotopic (exact) mass is 323 g/mol. The van der Waals surface area contributed by atoms with Gasteiger partial charge in [0, 0.05) is 0 Å². The topological polar surface area (TPSA) is 50.9 Å². The summed E-state index contributed by atoms with van der Waals surface area (Å²) in [6, 6.07) is 13.5. The molecule has 0 bridgehead atoms. The minimum atomic E-state index is 0.210. The van der Waals surface area contributed by atoms with Crippen LogP contribution in [0.5, 0.6) is 5.75 Å². The summed E-state index contributed by atoms with van der Waals surface area (Å²) in [5, 5.41) is 19.1. The Morgan fingerprint density at radius 3 is 2.25 bits per heavy atom. The Kier molecular flexibility index (Phi) is 5.47. The van der Waals surface area contributed by atoms with E-state index < -0.39 is 0 Å². The van der Waals surface area contributed by atoms with Gasteiger partial charge >= 0.3 is 0 Å². The third-order valence-corrected chi connectivity index (χ3v) is 4.36. The van der Waals surface area contributed by atoms with Gasteiger partial charge in [0.15, 0.2) is 0 Å². The van der Waals surface area contributed by atoms with Crippen molar-refractivity contribution in [2.75, 3.05) is 0 Å². The lowest BCUT2D eigenvalue weighted by Gasteiger charge is -2.07. The van der Waals surface area contributed by atoms with E-state index in [1.807, 2.05) is 36.4 Å². The van der Waals surface area contributed by atoms with E-state index in [1.54, 1.807) is 6.07 Å². The van der Waals surface area contributed by atoms with Crippen molar-refractivity contribution in [1.82, 2.24) is 15.0 Å². The number of aryl methyl sites for hydroxylation is 1. The predicted molar refractivity (Wildman–Crippen MR) is 97.6 cm³/mol. The Morgan fingerprint density at radius 2 is 1.54 bits per heavy atom. The molecule has 0 unspecified atom stereocenters. The first-order valence-electron chi connectivity index (χ1n) is 8.92. The summed E-state index contributed by atoms with van der Waals surface area (Å²) >= 11 is 0. The Labute approximate surface area is 143 Å². The highest BCUT2D eigenvalue weighted by molar-refractivity contribution is 5.73. The molecule has 126 valence electrons. The van der Waals surface area contributed by atoms with Gasteiger partial charge < -0.3 is 5.11 Å². The van der Waals surface area contributed by atoms with Crippen LogP contribution >= 0.6 is 0 Å². The number of phenolic OH excluding ortho intramolecular Hbond substituents is 1. The molecule has 3 rings (SSSR count). The van der Waals surface area contributed by atoms with Gasteiger partial charge in [0.1, 0.15) is 22.5 Å². The lowest BCUT2D eigenvalue weighted by atomic mass is 10.0. The zero-order valence-corrected chi connectivity index (χ0v) is 14.3. The summed E-state index contributed by atoms with van der Waals surface area (Å²) in [6.07, 6.45) is 8.74. The average molecular weight is 323 g/mol. The van der Waals surface area contributed by atoms with E-state index in [0.717, 1.165) is 17.5 Å². The van der Waals surface area contributed by atoms with Gasteiger partial charge in [-0.15, -0.1) is 15.0 Å². The van der Waals surface area contributed by atoms with E-state index in [1.165, 1.54) is 48.9 Å².